The van der Waals surface area contributed by atoms with Crippen LogP contribution in [0.2, 0.25) is 0 Å². The van der Waals surface area contributed by atoms with E-state index in [0.29, 0.717) is 24.8 Å². The molecular weight excluding hydrogens is 404 g/mol. The number of amides is 1. The lowest BCUT2D eigenvalue weighted by Gasteiger charge is -2.23. The van der Waals surface area contributed by atoms with E-state index < -0.39 is 0 Å². The highest BCUT2D eigenvalue weighted by Gasteiger charge is 2.17. The van der Waals surface area contributed by atoms with E-state index in [-0.39, 0.29) is 12.5 Å². The zero-order valence-electron chi connectivity index (χ0n) is 18.1. The molecule has 0 fully saturated rings. The van der Waals surface area contributed by atoms with Crippen molar-refractivity contribution in [2.45, 2.75) is 32.2 Å². The number of hydrogen-bond acceptors (Lipinski definition) is 6. The van der Waals surface area contributed by atoms with Crippen molar-refractivity contribution < 1.29 is 14.3 Å². The lowest BCUT2D eigenvalue weighted by Crippen LogP contribution is -2.34. The van der Waals surface area contributed by atoms with Crippen LogP contribution in [0, 0.1) is 0 Å². The summed E-state index contributed by atoms with van der Waals surface area (Å²) < 4.78 is 12.1. The molecule has 0 spiro atoms. The fourth-order valence-electron chi connectivity index (χ4n) is 3.66. The van der Waals surface area contributed by atoms with E-state index in [2.05, 4.69) is 20.2 Å². The molecule has 3 heterocycles. The van der Waals surface area contributed by atoms with Crippen LogP contribution < -0.4 is 14.8 Å². The molecule has 4 rings (SSSR count). The van der Waals surface area contributed by atoms with Gasteiger partial charge in [0.05, 0.1) is 13.2 Å². The molecule has 3 aromatic rings. The minimum atomic E-state index is -0.0533. The summed E-state index contributed by atoms with van der Waals surface area (Å²) in [6.45, 7) is 2.31. The van der Waals surface area contributed by atoms with Gasteiger partial charge in [-0.2, -0.15) is 0 Å². The van der Waals surface area contributed by atoms with E-state index in [1.165, 1.54) is 0 Å². The normalized spacial score (nSPS) is 15.2. The van der Waals surface area contributed by atoms with Crippen molar-refractivity contribution in [2.24, 2.45) is 0 Å². The SMILES string of the molecule is O=C(CN1CCCCCCOc2ccccc2Oc2ncccc2C1)Nc1ccncc1. The van der Waals surface area contributed by atoms with Gasteiger partial charge < -0.3 is 14.8 Å². The summed E-state index contributed by atoms with van der Waals surface area (Å²) in [5.74, 6) is 1.84. The standard InChI is InChI=1S/C25H28N4O3/c30-24(28-21-11-14-26-15-12-21)19-29-16-5-1-2-6-17-31-22-9-3-4-10-23(22)32-25-20(18-29)8-7-13-27-25/h3-4,7-15H,1-2,5-6,16-19H2,(H,26,28,30). The van der Waals surface area contributed by atoms with Gasteiger partial charge in [0, 0.05) is 36.4 Å². The van der Waals surface area contributed by atoms with Gasteiger partial charge in [0.2, 0.25) is 11.8 Å². The Morgan fingerprint density at radius 3 is 2.62 bits per heavy atom. The van der Waals surface area contributed by atoms with Crippen LogP contribution in [-0.4, -0.2) is 40.5 Å². The van der Waals surface area contributed by atoms with Gasteiger partial charge in [0.1, 0.15) is 0 Å². The Labute approximate surface area is 188 Å². The first-order chi connectivity index (χ1) is 15.8. The average molecular weight is 433 g/mol. The Bertz CT molecular complexity index is 1010. The minimum Gasteiger partial charge on any atom is -0.490 e. The van der Waals surface area contributed by atoms with E-state index >= 15 is 0 Å². The van der Waals surface area contributed by atoms with Crippen molar-refractivity contribution in [3.63, 3.8) is 0 Å². The second kappa shape index (κ2) is 11.2. The van der Waals surface area contributed by atoms with Crippen molar-refractivity contribution in [3.05, 3.63) is 72.7 Å². The molecule has 1 aliphatic heterocycles. The number of nitrogens with zero attached hydrogens (tertiary/aromatic N) is 3. The van der Waals surface area contributed by atoms with E-state index in [9.17, 15) is 4.79 Å². The summed E-state index contributed by atoms with van der Waals surface area (Å²) >= 11 is 0. The fraction of sp³-hybridized carbons (Fsp3) is 0.320. The summed E-state index contributed by atoms with van der Waals surface area (Å²) in [5, 5.41) is 2.95. The van der Waals surface area contributed by atoms with Crippen LogP contribution in [-0.2, 0) is 11.3 Å². The fourth-order valence-corrected chi connectivity index (χ4v) is 3.66. The number of pyridine rings is 2. The summed E-state index contributed by atoms with van der Waals surface area (Å²) in [4.78, 5) is 23.3. The lowest BCUT2D eigenvalue weighted by atomic mass is 10.1. The van der Waals surface area contributed by atoms with Gasteiger partial charge >= 0.3 is 0 Å². The zero-order valence-corrected chi connectivity index (χ0v) is 18.1. The number of hydrogen-bond donors (Lipinski definition) is 1. The van der Waals surface area contributed by atoms with Gasteiger partial charge in [-0.25, -0.2) is 4.98 Å². The quantitative estimate of drug-likeness (QED) is 0.649. The molecule has 0 aliphatic carbocycles. The number of fused-ring (bicyclic) bond motifs is 2. The highest BCUT2D eigenvalue weighted by molar-refractivity contribution is 5.92. The van der Waals surface area contributed by atoms with E-state index in [4.69, 9.17) is 9.47 Å². The summed E-state index contributed by atoms with van der Waals surface area (Å²) in [7, 11) is 0. The first kappa shape index (κ1) is 21.8. The maximum absolute atomic E-state index is 12.7. The molecule has 2 aromatic heterocycles. The third kappa shape index (κ3) is 6.28. The zero-order chi connectivity index (χ0) is 22.0. The third-order valence-corrected chi connectivity index (χ3v) is 5.26. The van der Waals surface area contributed by atoms with E-state index in [0.717, 1.165) is 49.2 Å². The first-order valence-corrected chi connectivity index (χ1v) is 11.0. The largest absolute Gasteiger partial charge is 0.490 e. The molecule has 1 aromatic carbocycles. The molecule has 7 heteroatoms. The molecule has 32 heavy (non-hydrogen) atoms. The number of carbonyl (C=O) groups is 1. The number of anilines is 1. The molecule has 1 aliphatic rings. The van der Waals surface area contributed by atoms with Gasteiger partial charge in [0.15, 0.2) is 11.5 Å². The Balaban J connectivity index is 1.53. The monoisotopic (exact) mass is 432 g/mol. The van der Waals surface area contributed by atoms with Gasteiger partial charge in [0.25, 0.3) is 0 Å². The van der Waals surface area contributed by atoms with Crippen molar-refractivity contribution in [3.8, 4) is 17.4 Å². The van der Waals surface area contributed by atoms with Crippen molar-refractivity contribution >= 4 is 11.6 Å². The first-order valence-electron chi connectivity index (χ1n) is 11.0. The Morgan fingerprint density at radius 1 is 0.938 bits per heavy atom. The van der Waals surface area contributed by atoms with Crippen LogP contribution in [0.1, 0.15) is 31.2 Å². The second-order valence-electron chi connectivity index (χ2n) is 7.77. The van der Waals surface area contributed by atoms with E-state index in [1.54, 1.807) is 30.7 Å². The number of nitrogens with one attached hydrogen (secondary N) is 1. The predicted molar refractivity (Wildman–Crippen MR) is 123 cm³/mol. The Morgan fingerprint density at radius 2 is 1.75 bits per heavy atom. The summed E-state index contributed by atoms with van der Waals surface area (Å²) in [6, 6.07) is 15.1. The number of carbonyl (C=O) groups excluding carboxylic acids is 1. The minimum absolute atomic E-state index is 0.0533. The molecule has 0 saturated heterocycles. The number of aromatic nitrogens is 2. The molecule has 1 N–H and O–H groups in total. The van der Waals surface area contributed by atoms with Gasteiger partial charge in [-0.05, 0) is 49.7 Å². The van der Waals surface area contributed by atoms with Gasteiger partial charge in [-0.15, -0.1) is 0 Å². The van der Waals surface area contributed by atoms with Crippen LogP contribution in [0.15, 0.2) is 67.1 Å². The number of rotatable bonds is 3. The van der Waals surface area contributed by atoms with E-state index in [1.807, 2.05) is 36.4 Å². The Kier molecular flexibility index (Phi) is 7.65. The molecule has 0 unspecified atom stereocenters. The number of para-hydroxylation sites is 2. The number of ether oxygens (including phenoxy) is 2. The summed E-state index contributed by atoms with van der Waals surface area (Å²) in [6.07, 6.45) is 9.20. The Hall–Kier alpha value is -3.45. The van der Waals surface area contributed by atoms with Crippen LogP contribution in [0.5, 0.6) is 17.4 Å². The molecule has 0 radical (unpaired) electrons. The molecule has 0 bridgehead atoms. The summed E-state index contributed by atoms with van der Waals surface area (Å²) in [5.41, 5.74) is 1.67. The van der Waals surface area contributed by atoms with Gasteiger partial charge in [-0.3, -0.25) is 14.7 Å². The highest BCUT2D eigenvalue weighted by atomic mass is 16.5. The molecular formula is C25H28N4O3. The van der Waals surface area contributed by atoms with Crippen LogP contribution >= 0.6 is 0 Å². The predicted octanol–water partition coefficient (Wildman–Crippen LogP) is 4.66. The smallest absolute Gasteiger partial charge is 0.238 e. The van der Waals surface area contributed by atoms with Crippen molar-refractivity contribution in [2.75, 3.05) is 25.0 Å². The maximum Gasteiger partial charge on any atom is 0.238 e. The second-order valence-corrected chi connectivity index (χ2v) is 7.77. The molecule has 0 atom stereocenters. The van der Waals surface area contributed by atoms with Crippen LogP contribution in [0.4, 0.5) is 5.69 Å². The van der Waals surface area contributed by atoms with Crippen LogP contribution in [0.25, 0.3) is 0 Å². The van der Waals surface area contributed by atoms with Gasteiger partial charge in [-0.1, -0.05) is 31.0 Å². The van der Waals surface area contributed by atoms with Crippen molar-refractivity contribution in [1.29, 1.82) is 0 Å². The molecule has 7 nitrogen and oxygen atoms in total. The highest BCUT2D eigenvalue weighted by Crippen LogP contribution is 2.32. The molecule has 1 amide bonds. The number of benzene rings is 1. The molecule has 166 valence electrons. The average Bonchev–Trinajstić information content (AvgIpc) is 2.81. The topological polar surface area (TPSA) is 76.6 Å². The maximum atomic E-state index is 12.7. The molecule has 0 saturated carbocycles. The lowest BCUT2D eigenvalue weighted by molar-refractivity contribution is -0.117. The third-order valence-electron chi connectivity index (χ3n) is 5.26. The van der Waals surface area contributed by atoms with Crippen LogP contribution in [0.3, 0.4) is 0 Å². The van der Waals surface area contributed by atoms with Crippen molar-refractivity contribution in [1.82, 2.24) is 14.9 Å².